The highest BCUT2D eigenvalue weighted by Gasteiger charge is 2.38. The molecule has 1 aliphatic heterocycles. The first-order valence-corrected chi connectivity index (χ1v) is 11.5. The molecule has 0 amide bonds. The number of anilines is 1. The van der Waals surface area contributed by atoms with E-state index in [1.165, 1.54) is 4.68 Å². The van der Waals surface area contributed by atoms with E-state index in [-0.39, 0.29) is 5.56 Å². The van der Waals surface area contributed by atoms with Gasteiger partial charge in [-0.15, -0.1) is 5.92 Å². The quantitative estimate of drug-likeness (QED) is 0.302. The second kappa shape index (κ2) is 14.1. The zero-order valence-corrected chi connectivity index (χ0v) is 21.2. The van der Waals surface area contributed by atoms with E-state index in [1.54, 1.807) is 19.3 Å². The third-order valence-electron chi connectivity index (χ3n) is 5.07. The first-order valence-electron chi connectivity index (χ1n) is 11.5. The van der Waals surface area contributed by atoms with E-state index in [9.17, 15) is 31.1 Å². The van der Waals surface area contributed by atoms with Crippen LogP contribution in [0.5, 0.6) is 0 Å². The number of nitrogens with one attached hydrogen (secondary N) is 1. The molecule has 1 fully saturated rings. The summed E-state index contributed by atoms with van der Waals surface area (Å²) in [7, 11) is 0. The van der Waals surface area contributed by atoms with Crippen molar-refractivity contribution in [2.45, 2.75) is 32.4 Å². The summed E-state index contributed by atoms with van der Waals surface area (Å²) < 4.78 is 66.8. The number of pyridine rings is 1. The molecule has 3 aromatic rings. The Balaban J connectivity index is 0.000000349. The highest BCUT2D eigenvalue weighted by Crippen LogP contribution is 2.20. The second-order valence-electron chi connectivity index (χ2n) is 7.93. The third-order valence-corrected chi connectivity index (χ3v) is 5.07. The smallest absolute Gasteiger partial charge is 0.475 e. The number of carbonyl (C=O) groups is 2. The molecule has 0 atom stereocenters. The molecule has 0 bridgehead atoms. The van der Waals surface area contributed by atoms with Crippen molar-refractivity contribution >= 4 is 28.9 Å². The average Bonchev–Trinajstić information content (AvgIpc) is 3.29. The zero-order valence-electron chi connectivity index (χ0n) is 21.2. The zero-order chi connectivity index (χ0) is 30.8. The summed E-state index contributed by atoms with van der Waals surface area (Å²) >= 11 is 0. The van der Waals surface area contributed by atoms with E-state index in [2.05, 4.69) is 32.1 Å². The van der Waals surface area contributed by atoms with Crippen LogP contribution in [0.25, 0.3) is 11.0 Å². The van der Waals surface area contributed by atoms with Gasteiger partial charge >= 0.3 is 24.3 Å². The van der Waals surface area contributed by atoms with Gasteiger partial charge in [0.25, 0.3) is 5.56 Å². The summed E-state index contributed by atoms with van der Waals surface area (Å²) in [6.07, 6.45) is -6.80. The van der Waals surface area contributed by atoms with Gasteiger partial charge in [-0.2, -0.15) is 31.4 Å². The van der Waals surface area contributed by atoms with Crippen LogP contribution < -0.4 is 15.8 Å². The summed E-state index contributed by atoms with van der Waals surface area (Å²) in [5, 5.41) is 21.9. The van der Waals surface area contributed by atoms with Gasteiger partial charge in [0, 0.05) is 32.4 Å². The summed E-state index contributed by atoms with van der Waals surface area (Å²) in [6.45, 7) is 6.02. The maximum atomic E-state index is 13.1. The monoisotopic (exact) mass is 591 g/mol. The number of carboxylic acid groups (broad SMARTS) is 2. The van der Waals surface area contributed by atoms with Crippen LogP contribution in [0, 0.1) is 11.8 Å². The second-order valence-corrected chi connectivity index (χ2v) is 7.93. The van der Waals surface area contributed by atoms with Crippen molar-refractivity contribution in [3.05, 3.63) is 46.6 Å². The first kappa shape index (κ1) is 32.6. The van der Waals surface area contributed by atoms with Crippen LogP contribution in [0.2, 0.25) is 0 Å². The SMILES string of the molecule is CC#CCn1c(N2CCNCC2)nc2cnn(Cc3ccccn3)c(=O)c21.O=C(O)C(F)(F)F.O=C(O)C(F)(F)F. The van der Waals surface area contributed by atoms with Crippen molar-refractivity contribution in [1.82, 2.24) is 29.6 Å². The highest BCUT2D eigenvalue weighted by molar-refractivity contribution is 5.77. The minimum atomic E-state index is -5.08. The molecule has 41 heavy (non-hydrogen) atoms. The summed E-state index contributed by atoms with van der Waals surface area (Å²) in [5.74, 6) is 1.25. The number of hydrogen-bond donors (Lipinski definition) is 3. The van der Waals surface area contributed by atoms with Crippen molar-refractivity contribution in [1.29, 1.82) is 0 Å². The van der Waals surface area contributed by atoms with Crippen LogP contribution in [0.4, 0.5) is 32.3 Å². The molecular weight excluding hydrogens is 568 g/mol. The molecule has 222 valence electrons. The number of alkyl halides is 6. The van der Waals surface area contributed by atoms with Gasteiger partial charge in [0.15, 0.2) is 0 Å². The van der Waals surface area contributed by atoms with Crippen LogP contribution >= 0.6 is 0 Å². The molecule has 3 N–H and O–H groups in total. The van der Waals surface area contributed by atoms with Gasteiger partial charge in [0.05, 0.1) is 25.0 Å². The molecule has 0 unspecified atom stereocenters. The van der Waals surface area contributed by atoms with E-state index in [0.29, 0.717) is 24.1 Å². The number of carboxylic acids is 2. The molecule has 12 nitrogen and oxygen atoms in total. The van der Waals surface area contributed by atoms with Crippen LogP contribution in [-0.4, -0.2) is 85.0 Å². The predicted octanol–water partition coefficient (Wildman–Crippen LogP) is 1.74. The number of aromatic nitrogens is 5. The third kappa shape index (κ3) is 9.49. The number of halogens is 6. The Morgan fingerprint density at radius 1 is 1.05 bits per heavy atom. The lowest BCUT2D eigenvalue weighted by Gasteiger charge is -2.28. The molecule has 0 radical (unpaired) electrons. The summed E-state index contributed by atoms with van der Waals surface area (Å²) in [5.41, 5.74) is 1.75. The molecule has 1 saturated heterocycles. The predicted molar refractivity (Wildman–Crippen MR) is 131 cm³/mol. The largest absolute Gasteiger partial charge is 0.490 e. The van der Waals surface area contributed by atoms with Crippen molar-refractivity contribution in [2.75, 3.05) is 31.1 Å². The van der Waals surface area contributed by atoms with Gasteiger partial charge in [-0.05, 0) is 19.1 Å². The number of piperazine rings is 1. The maximum absolute atomic E-state index is 13.1. The van der Waals surface area contributed by atoms with E-state index in [0.717, 1.165) is 37.8 Å². The van der Waals surface area contributed by atoms with Crippen molar-refractivity contribution in [3.8, 4) is 11.8 Å². The first-order chi connectivity index (χ1) is 19.2. The summed E-state index contributed by atoms with van der Waals surface area (Å²) in [4.78, 5) is 42.1. The molecule has 1 aliphatic rings. The van der Waals surface area contributed by atoms with Gasteiger partial charge in [-0.3, -0.25) is 14.3 Å². The van der Waals surface area contributed by atoms with E-state index < -0.39 is 24.3 Å². The summed E-state index contributed by atoms with van der Waals surface area (Å²) in [6, 6.07) is 5.63. The van der Waals surface area contributed by atoms with Gasteiger partial charge in [-0.1, -0.05) is 12.0 Å². The van der Waals surface area contributed by atoms with Crippen LogP contribution in [0.1, 0.15) is 12.6 Å². The molecule has 3 aromatic heterocycles. The van der Waals surface area contributed by atoms with Gasteiger partial charge in [0.2, 0.25) is 5.95 Å². The molecule has 4 rings (SSSR count). The molecule has 4 heterocycles. The Hall–Kier alpha value is -4.66. The Kier molecular flexibility index (Phi) is 11.2. The Morgan fingerprint density at radius 3 is 2.12 bits per heavy atom. The normalized spacial score (nSPS) is 13.2. The van der Waals surface area contributed by atoms with Crippen molar-refractivity contribution in [3.63, 3.8) is 0 Å². The molecule has 0 spiro atoms. The van der Waals surface area contributed by atoms with Gasteiger partial charge in [0.1, 0.15) is 11.0 Å². The molecule has 18 heteroatoms. The maximum Gasteiger partial charge on any atom is 0.490 e. The van der Waals surface area contributed by atoms with Crippen molar-refractivity contribution < 1.29 is 46.1 Å². The number of aliphatic carboxylic acids is 2. The standard InChI is InChI=1S/C19H21N7O.2C2HF3O2/c1-2-3-10-25-17-16(23-19(25)24-11-8-20-9-12-24)13-22-26(18(17)27)14-15-6-4-5-7-21-15;2*3-2(4,5)1(6)7/h4-7,13,20H,8-12,14H2,1H3;2*(H,6,7). The number of hydrogen-bond acceptors (Lipinski definition) is 8. The fourth-order valence-electron chi connectivity index (χ4n) is 3.25. The molecular formula is C23H23F6N7O5. The topological polar surface area (TPSA) is 155 Å². The minimum Gasteiger partial charge on any atom is -0.475 e. The Morgan fingerprint density at radius 2 is 1.63 bits per heavy atom. The number of nitrogens with zero attached hydrogens (tertiary/aromatic N) is 6. The van der Waals surface area contributed by atoms with Gasteiger partial charge < -0.3 is 20.4 Å². The van der Waals surface area contributed by atoms with E-state index >= 15 is 0 Å². The highest BCUT2D eigenvalue weighted by atomic mass is 19.4. The lowest BCUT2D eigenvalue weighted by atomic mass is 10.3. The fourth-order valence-corrected chi connectivity index (χ4v) is 3.25. The Labute approximate surface area is 227 Å². The average molecular weight is 591 g/mol. The minimum absolute atomic E-state index is 0.176. The van der Waals surface area contributed by atoms with Crippen LogP contribution in [-0.2, 0) is 22.7 Å². The number of imidazole rings is 1. The van der Waals surface area contributed by atoms with Crippen LogP contribution in [0.15, 0.2) is 35.4 Å². The van der Waals surface area contributed by atoms with Crippen LogP contribution in [0.3, 0.4) is 0 Å². The van der Waals surface area contributed by atoms with Crippen molar-refractivity contribution in [2.24, 2.45) is 0 Å². The molecule has 0 aliphatic carbocycles. The number of fused-ring (bicyclic) bond motifs is 1. The van der Waals surface area contributed by atoms with E-state index in [1.807, 2.05) is 22.8 Å². The Bertz CT molecular complexity index is 1430. The molecule has 0 saturated carbocycles. The lowest BCUT2D eigenvalue weighted by Crippen LogP contribution is -2.44. The van der Waals surface area contributed by atoms with E-state index in [4.69, 9.17) is 24.8 Å². The molecule has 0 aromatic carbocycles. The van der Waals surface area contributed by atoms with Gasteiger partial charge in [-0.25, -0.2) is 19.3 Å². The fraction of sp³-hybridized carbons (Fsp3) is 0.391. The lowest BCUT2D eigenvalue weighted by molar-refractivity contribution is -0.193. The number of rotatable bonds is 4.